The zero-order chi connectivity index (χ0) is 44.3. The lowest BCUT2D eigenvalue weighted by molar-refractivity contribution is -0.139. The molecule has 5 rings (SSSR count). The van der Waals surface area contributed by atoms with Crippen LogP contribution in [0.3, 0.4) is 0 Å². The van der Waals surface area contributed by atoms with E-state index in [0.717, 1.165) is 16.7 Å². The molecule has 0 spiro atoms. The van der Waals surface area contributed by atoms with Crippen LogP contribution in [0.2, 0.25) is 0 Å². The Morgan fingerprint density at radius 2 is 1.43 bits per heavy atom. The largest absolute Gasteiger partial charge is 0.512 e. The minimum atomic E-state index is -4.29. The summed E-state index contributed by atoms with van der Waals surface area (Å²) in [5, 5.41) is 17.5. The summed E-state index contributed by atoms with van der Waals surface area (Å²) in [7, 11) is -7.28. The van der Waals surface area contributed by atoms with E-state index in [1.54, 1.807) is 32.9 Å². The number of carbonyl (C=O) groups is 3. The van der Waals surface area contributed by atoms with Gasteiger partial charge in [0.15, 0.2) is 0 Å². The van der Waals surface area contributed by atoms with Gasteiger partial charge in [0.25, 0.3) is 26.1 Å². The molecule has 1 aromatic heterocycles. The number of allylic oxidation sites excluding steroid dienone is 6. The fourth-order valence-electron chi connectivity index (χ4n) is 7.45. The minimum absolute atomic E-state index is 0.00483. The highest BCUT2D eigenvalue weighted by Crippen LogP contribution is 2.39. The van der Waals surface area contributed by atoms with Gasteiger partial charge in [0, 0.05) is 36.0 Å². The maximum Gasteiger partial charge on any atom is 0.310 e. The van der Waals surface area contributed by atoms with Crippen molar-refractivity contribution in [3.8, 4) is 0 Å². The van der Waals surface area contributed by atoms with Crippen LogP contribution in [-0.2, 0) is 39.4 Å². The Balaban J connectivity index is 1.78. The number of aromatic nitrogens is 1. The van der Waals surface area contributed by atoms with Gasteiger partial charge in [-0.1, -0.05) is 6.92 Å². The number of nitrogens with zero attached hydrogens (tertiary/aromatic N) is 3. The number of carbonyl (C=O) groups excluding carboxylic acids is 3. The Morgan fingerprint density at radius 3 is 2.03 bits per heavy atom. The summed E-state index contributed by atoms with van der Waals surface area (Å²) in [6.07, 6.45) is 5.51. The Hall–Kier alpha value is -5.50. The number of aliphatic imine (C=N–C) groups is 3. The first-order valence-corrected chi connectivity index (χ1v) is 22.5. The number of ether oxygens (including phenoxy) is 1. The molecule has 0 fully saturated rings. The topological polar surface area (TPSA) is 266 Å². The first-order chi connectivity index (χ1) is 28.1. The summed E-state index contributed by atoms with van der Waals surface area (Å²) in [5.74, 6) is -2.74. The number of aliphatic hydroxyl groups excluding tert-OH is 1. The van der Waals surface area contributed by atoms with E-state index >= 15 is 0 Å². The number of hydrogen-bond donors (Lipinski definition) is 6. The maximum atomic E-state index is 14.2. The van der Waals surface area contributed by atoms with Crippen LogP contribution in [0.5, 0.6) is 0 Å². The van der Waals surface area contributed by atoms with Crippen LogP contribution in [0.25, 0.3) is 17.9 Å². The maximum absolute atomic E-state index is 14.2. The number of amides is 2. The van der Waals surface area contributed by atoms with Gasteiger partial charge < -0.3 is 25.5 Å². The lowest BCUT2D eigenvalue weighted by Crippen LogP contribution is -2.29. The highest BCUT2D eigenvalue weighted by atomic mass is 32.2. The molecule has 0 aliphatic carbocycles. The molecule has 0 aromatic carbocycles. The molecule has 5 heterocycles. The Morgan fingerprint density at radius 1 is 0.800 bits per heavy atom. The molecule has 8 bridgehead atoms. The predicted molar refractivity (Wildman–Crippen MR) is 229 cm³/mol. The number of aliphatic hydroxyl groups is 1. The molecule has 0 radical (unpaired) electrons. The molecule has 4 aliphatic heterocycles. The lowest BCUT2D eigenvalue weighted by Gasteiger charge is -2.16. The second-order valence-electron chi connectivity index (χ2n) is 14.7. The molecule has 60 heavy (non-hydrogen) atoms. The first kappa shape index (κ1) is 45.6. The third-order valence-electron chi connectivity index (χ3n) is 10.6. The highest BCUT2D eigenvalue weighted by molar-refractivity contribution is 7.86. The zero-order valence-corrected chi connectivity index (χ0v) is 36.2. The minimum Gasteiger partial charge on any atom is -0.512 e. The smallest absolute Gasteiger partial charge is 0.310 e. The predicted octanol–water partition coefficient (Wildman–Crippen LogP) is 3.14. The zero-order valence-electron chi connectivity index (χ0n) is 34.6. The van der Waals surface area contributed by atoms with Crippen LogP contribution < -0.4 is 21.2 Å². The molecule has 1 aromatic rings. The van der Waals surface area contributed by atoms with Crippen molar-refractivity contribution in [2.24, 2.45) is 15.0 Å². The van der Waals surface area contributed by atoms with Crippen molar-refractivity contribution >= 4 is 73.1 Å². The van der Waals surface area contributed by atoms with Crippen LogP contribution in [0.1, 0.15) is 84.4 Å². The molecule has 6 N–H and O–H groups in total. The first-order valence-electron chi connectivity index (χ1n) is 19.3. The summed E-state index contributed by atoms with van der Waals surface area (Å²) >= 11 is 0. The summed E-state index contributed by atoms with van der Waals surface area (Å²) in [6, 6.07) is 0. The standard InChI is InChI=1S/C41H50N6O11S2/c1-8-26-21(2)29-20-34-37(25(6)48)23(4)31(45-34)18-30-22(3)27(11-12-35(49)42-13-9-15-59(52,53)54)39(46-30)28(17-36(50)58-7)40-38(24(5)32(47-40)19-33(26)44-29)41(51)43-14-10-16-60(55,56)57/h18-20,45,48H,8-17H2,1-7H3,(H,42,49)(H,43,51)(H,52,53,54)(H,55,56,57)/b30-18?,33-19?,34-20?,37-25+,40-28?. The number of hydrogen-bond acceptors (Lipinski definition) is 12. The average molecular weight is 867 g/mol. The normalized spacial score (nSPS) is 17.2. The number of aromatic amines is 1. The van der Waals surface area contributed by atoms with Gasteiger partial charge >= 0.3 is 5.97 Å². The van der Waals surface area contributed by atoms with E-state index in [2.05, 4.69) is 15.6 Å². The summed E-state index contributed by atoms with van der Waals surface area (Å²) in [4.78, 5) is 59.0. The van der Waals surface area contributed by atoms with E-state index in [1.165, 1.54) is 7.11 Å². The van der Waals surface area contributed by atoms with E-state index in [4.69, 9.17) is 24.3 Å². The number of methoxy groups -OCH3 is 1. The van der Waals surface area contributed by atoms with Crippen LogP contribution in [-0.4, -0.2) is 103 Å². The molecule has 322 valence electrons. The average Bonchev–Trinajstić information content (AvgIpc) is 3.85. The second kappa shape index (κ2) is 18.4. The molecule has 2 amide bonds. The Kier molecular flexibility index (Phi) is 14.0. The summed E-state index contributed by atoms with van der Waals surface area (Å²) in [6.45, 7) is 10.8. The Labute approximate surface area is 348 Å². The van der Waals surface area contributed by atoms with Gasteiger partial charge in [-0.2, -0.15) is 16.8 Å². The van der Waals surface area contributed by atoms with Crippen molar-refractivity contribution in [1.82, 2.24) is 15.6 Å². The van der Waals surface area contributed by atoms with Crippen LogP contribution in [0.15, 0.2) is 77.2 Å². The van der Waals surface area contributed by atoms with Gasteiger partial charge in [0.2, 0.25) is 5.91 Å². The fraction of sp³-hybridized carbons (Fsp3) is 0.415. The van der Waals surface area contributed by atoms with Crippen molar-refractivity contribution in [3.05, 3.63) is 84.0 Å². The van der Waals surface area contributed by atoms with Crippen molar-refractivity contribution in [1.29, 1.82) is 0 Å². The quantitative estimate of drug-likeness (QED) is 0.0847. The molecule has 0 saturated heterocycles. The third-order valence-corrected chi connectivity index (χ3v) is 12.2. The summed E-state index contributed by atoms with van der Waals surface area (Å²) in [5.41, 5.74) is 7.47. The third kappa shape index (κ3) is 10.4. The van der Waals surface area contributed by atoms with Crippen LogP contribution in [0, 0.1) is 6.92 Å². The molecule has 0 unspecified atom stereocenters. The molecule has 0 atom stereocenters. The van der Waals surface area contributed by atoms with Gasteiger partial charge in [-0.15, -0.1) is 0 Å². The summed E-state index contributed by atoms with van der Waals surface area (Å²) < 4.78 is 68.6. The van der Waals surface area contributed by atoms with Gasteiger partial charge in [0.05, 0.1) is 75.9 Å². The Bertz CT molecular complexity index is 2700. The van der Waals surface area contributed by atoms with Gasteiger partial charge in [-0.05, 0) is 112 Å². The molecule has 17 nitrogen and oxygen atoms in total. The number of H-pyrrole nitrogens is 1. The number of rotatable bonds is 15. The highest BCUT2D eigenvalue weighted by Gasteiger charge is 2.35. The molecule has 19 heteroatoms. The number of esters is 1. The second-order valence-corrected chi connectivity index (χ2v) is 17.9. The van der Waals surface area contributed by atoms with Crippen molar-refractivity contribution in [2.75, 3.05) is 31.7 Å². The van der Waals surface area contributed by atoms with Gasteiger partial charge in [-0.3, -0.25) is 23.5 Å². The molecular formula is C41H50N6O11S2. The number of nitrogens with one attached hydrogen (secondary N) is 3. The number of fused-ring (bicyclic) bond motifs is 5. The van der Waals surface area contributed by atoms with E-state index in [0.29, 0.717) is 62.2 Å². The van der Waals surface area contributed by atoms with Crippen molar-refractivity contribution < 1.29 is 50.2 Å². The van der Waals surface area contributed by atoms with Gasteiger partial charge in [0.1, 0.15) is 0 Å². The van der Waals surface area contributed by atoms with Crippen LogP contribution >= 0.6 is 0 Å². The van der Waals surface area contributed by atoms with Crippen molar-refractivity contribution in [3.63, 3.8) is 0 Å². The van der Waals surface area contributed by atoms with E-state index in [1.807, 2.05) is 26.8 Å². The van der Waals surface area contributed by atoms with Crippen molar-refractivity contribution in [2.45, 2.75) is 80.1 Å². The fourth-order valence-corrected chi connectivity index (χ4v) is 8.46. The molecule has 4 aliphatic rings. The van der Waals surface area contributed by atoms with E-state index in [-0.39, 0.29) is 67.1 Å². The van der Waals surface area contributed by atoms with E-state index < -0.39 is 55.9 Å². The van der Waals surface area contributed by atoms with Gasteiger partial charge in [-0.25, -0.2) is 15.0 Å². The van der Waals surface area contributed by atoms with Crippen LogP contribution in [0.4, 0.5) is 0 Å². The molecular weight excluding hydrogens is 817 g/mol. The lowest BCUT2D eigenvalue weighted by atomic mass is 9.90. The molecule has 0 saturated carbocycles. The SMILES string of the molecule is CCC1=C(C)C2=NC1=CC1=NC(=C(CC(=O)OC)C3=NC(=Cc4[nH]c(/c(=C(\C)O)c4C)=C2)C(C)=C3CCC(=O)NCCCS(=O)(=O)O)C(C(=O)NCCCS(=O)(=O)O)=C1C. The monoisotopic (exact) mass is 866 g/mol. The van der Waals surface area contributed by atoms with E-state index in [9.17, 15) is 40.9 Å².